The molecule has 1 N–H and O–H groups in total. The van der Waals surface area contributed by atoms with Gasteiger partial charge in [-0.3, -0.25) is 0 Å². The second-order valence-corrected chi connectivity index (χ2v) is 4.78. The van der Waals surface area contributed by atoms with Crippen molar-refractivity contribution in [3.63, 3.8) is 0 Å². The summed E-state index contributed by atoms with van der Waals surface area (Å²) in [5.74, 6) is 2.19. The molecule has 1 aromatic rings. The number of rotatable bonds is 6. The average molecular weight is 227 g/mol. The molecule has 84 valence electrons. The molecule has 1 rings (SSSR count). The lowest BCUT2D eigenvalue weighted by molar-refractivity contribution is 0.619. The Hall–Kier alpha value is -0.700. The molecule has 0 atom stereocenters. The van der Waals surface area contributed by atoms with E-state index in [1.165, 1.54) is 11.8 Å². The van der Waals surface area contributed by atoms with Crippen LogP contribution in [0.4, 0.5) is 10.1 Å². The average Bonchev–Trinajstić information content (AvgIpc) is 2.24. The van der Waals surface area contributed by atoms with Crippen molar-refractivity contribution in [3.05, 3.63) is 29.6 Å². The molecule has 0 heterocycles. The largest absolute Gasteiger partial charge is 0.385 e. The fourth-order valence-corrected chi connectivity index (χ4v) is 1.98. The molecule has 1 nitrogen and oxygen atoms in total. The molecule has 0 aromatic heterocycles. The second kappa shape index (κ2) is 6.72. The molecule has 0 unspecified atom stereocenters. The molecule has 1 aromatic carbocycles. The summed E-state index contributed by atoms with van der Waals surface area (Å²) in [4.78, 5) is 0. The van der Waals surface area contributed by atoms with Gasteiger partial charge in [0.05, 0.1) is 0 Å². The van der Waals surface area contributed by atoms with E-state index in [9.17, 15) is 4.39 Å². The quantitative estimate of drug-likeness (QED) is 0.744. The lowest BCUT2D eigenvalue weighted by atomic mass is 10.2. The maximum absolute atomic E-state index is 13.2. The number of benzene rings is 1. The molecule has 0 aliphatic heterocycles. The van der Waals surface area contributed by atoms with Gasteiger partial charge >= 0.3 is 0 Å². The van der Waals surface area contributed by atoms with Crippen molar-refractivity contribution in [2.45, 2.75) is 20.3 Å². The number of thioether (sulfide) groups is 1. The molecule has 3 heteroatoms. The Labute approximate surface area is 95.5 Å². The molecule has 0 bridgehead atoms. The van der Waals surface area contributed by atoms with Gasteiger partial charge in [0.2, 0.25) is 0 Å². The number of hydrogen-bond acceptors (Lipinski definition) is 2. The molecule has 0 saturated heterocycles. The molecule has 0 spiro atoms. The first-order chi connectivity index (χ1) is 7.25. The van der Waals surface area contributed by atoms with E-state index < -0.39 is 0 Å². The van der Waals surface area contributed by atoms with E-state index in [4.69, 9.17) is 0 Å². The van der Waals surface area contributed by atoms with Crippen LogP contribution in [0.25, 0.3) is 0 Å². The van der Waals surface area contributed by atoms with Gasteiger partial charge in [0, 0.05) is 17.8 Å². The topological polar surface area (TPSA) is 12.0 Å². The summed E-state index contributed by atoms with van der Waals surface area (Å²) >= 11 is 1.94. The maximum atomic E-state index is 13.2. The van der Waals surface area contributed by atoms with Crippen LogP contribution in [0.1, 0.15) is 18.9 Å². The summed E-state index contributed by atoms with van der Waals surface area (Å²) in [5, 5.41) is 3.26. The molecule has 0 radical (unpaired) electrons. The molecule has 0 aliphatic carbocycles. The third-order valence-electron chi connectivity index (χ3n) is 2.25. The normalized spacial score (nSPS) is 10.3. The second-order valence-electron chi connectivity index (χ2n) is 3.39. The van der Waals surface area contributed by atoms with Crippen molar-refractivity contribution < 1.29 is 4.39 Å². The van der Waals surface area contributed by atoms with Gasteiger partial charge in [-0.25, -0.2) is 4.39 Å². The molecular formula is C12H18FNS. The molecule has 15 heavy (non-hydrogen) atoms. The molecule has 0 fully saturated rings. The molecule has 0 saturated carbocycles. The van der Waals surface area contributed by atoms with E-state index in [1.807, 2.05) is 17.8 Å². The first kappa shape index (κ1) is 12.4. The van der Waals surface area contributed by atoms with Gasteiger partial charge in [-0.05, 0) is 37.0 Å². The summed E-state index contributed by atoms with van der Waals surface area (Å²) in [6.07, 6.45) is 1.12. The van der Waals surface area contributed by atoms with Crippen LogP contribution in [0.2, 0.25) is 0 Å². The third kappa shape index (κ3) is 4.12. The lowest BCUT2D eigenvalue weighted by Gasteiger charge is -2.09. The van der Waals surface area contributed by atoms with Gasteiger partial charge in [-0.15, -0.1) is 0 Å². The smallest absolute Gasteiger partial charge is 0.128 e. The fourth-order valence-electron chi connectivity index (χ4n) is 1.34. The van der Waals surface area contributed by atoms with Gasteiger partial charge < -0.3 is 5.32 Å². The van der Waals surface area contributed by atoms with E-state index in [0.717, 1.165) is 24.4 Å². The summed E-state index contributed by atoms with van der Waals surface area (Å²) in [6.45, 7) is 4.88. The minimum Gasteiger partial charge on any atom is -0.385 e. The summed E-state index contributed by atoms with van der Waals surface area (Å²) in [5.41, 5.74) is 1.62. The lowest BCUT2D eigenvalue weighted by Crippen LogP contribution is -2.04. The van der Waals surface area contributed by atoms with Gasteiger partial charge in [0.25, 0.3) is 0 Å². The van der Waals surface area contributed by atoms with E-state index in [-0.39, 0.29) is 5.82 Å². The van der Waals surface area contributed by atoms with Crippen LogP contribution in [0.5, 0.6) is 0 Å². The Balaban J connectivity index is 2.34. The van der Waals surface area contributed by atoms with E-state index in [2.05, 4.69) is 12.2 Å². The molecule has 0 amide bonds. The van der Waals surface area contributed by atoms with Gasteiger partial charge in [0.1, 0.15) is 5.82 Å². The van der Waals surface area contributed by atoms with E-state index in [0.29, 0.717) is 5.56 Å². The monoisotopic (exact) mass is 227 g/mol. The minimum absolute atomic E-state index is 0.136. The Morgan fingerprint density at radius 1 is 1.40 bits per heavy atom. The number of halogens is 1. The summed E-state index contributed by atoms with van der Waals surface area (Å²) in [6, 6.07) is 5.16. The molecular weight excluding hydrogens is 209 g/mol. The Morgan fingerprint density at radius 3 is 2.93 bits per heavy atom. The van der Waals surface area contributed by atoms with Crippen molar-refractivity contribution in [1.29, 1.82) is 0 Å². The highest BCUT2D eigenvalue weighted by Crippen LogP contribution is 2.17. The van der Waals surface area contributed by atoms with E-state index >= 15 is 0 Å². The first-order valence-corrected chi connectivity index (χ1v) is 6.48. The highest BCUT2D eigenvalue weighted by atomic mass is 32.2. The van der Waals surface area contributed by atoms with Crippen LogP contribution in [0.3, 0.4) is 0 Å². The van der Waals surface area contributed by atoms with Crippen LogP contribution in [0.15, 0.2) is 18.2 Å². The highest BCUT2D eigenvalue weighted by molar-refractivity contribution is 7.99. The molecule has 0 aliphatic rings. The zero-order valence-corrected chi connectivity index (χ0v) is 10.2. The van der Waals surface area contributed by atoms with E-state index in [1.54, 1.807) is 13.0 Å². The van der Waals surface area contributed by atoms with Crippen LogP contribution < -0.4 is 5.32 Å². The van der Waals surface area contributed by atoms with Crippen LogP contribution in [-0.4, -0.2) is 18.1 Å². The highest BCUT2D eigenvalue weighted by Gasteiger charge is 2.01. The van der Waals surface area contributed by atoms with Gasteiger partial charge in [0.15, 0.2) is 0 Å². The van der Waals surface area contributed by atoms with Crippen LogP contribution in [-0.2, 0) is 0 Å². The predicted molar refractivity (Wildman–Crippen MR) is 67.2 cm³/mol. The minimum atomic E-state index is -0.136. The number of hydrogen-bond donors (Lipinski definition) is 1. The maximum Gasteiger partial charge on any atom is 0.128 e. The number of nitrogens with one attached hydrogen (secondary N) is 1. The third-order valence-corrected chi connectivity index (χ3v) is 3.24. The zero-order valence-electron chi connectivity index (χ0n) is 9.35. The predicted octanol–water partition coefficient (Wildman–Crippen LogP) is 3.69. The zero-order chi connectivity index (χ0) is 11.1. The summed E-state index contributed by atoms with van der Waals surface area (Å²) in [7, 11) is 0. The van der Waals surface area contributed by atoms with Crippen molar-refractivity contribution >= 4 is 17.4 Å². The van der Waals surface area contributed by atoms with Crippen LogP contribution in [0, 0.1) is 12.7 Å². The Morgan fingerprint density at radius 2 is 2.20 bits per heavy atom. The Kier molecular flexibility index (Phi) is 5.54. The Bertz CT molecular complexity index is 302. The van der Waals surface area contributed by atoms with Gasteiger partial charge in [-0.1, -0.05) is 13.0 Å². The standard InChI is InChI=1S/C12H18FNS/c1-3-15-9-5-8-14-12-7-4-6-11(13)10(12)2/h4,6-7,14H,3,5,8-9H2,1-2H3. The SMILES string of the molecule is CCSCCCNc1cccc(F)c1C. The van der Waals surface area contributed by atoms with Crippen LogP contribution >= 0.6 is 11.8 Å². The fraction of sp³-hybridized carbons (Fsp3) is 0.500. The van der Waals surface area contributed by atoms with Crippen molar-refractivity contribution in [1.82, 2.24) is 0 Å². The summed E-state index contributed by atoms with van der Waals surface area (Å²) < 4.78 is 13.2. The van der Waals surface area contributed by atoms with Gasteiger partial charge in [-0.2, -0.15) is 11.8 Å². The van der Waals surface area contributed by atoms with Crippen molar-refractivity contribution in [2.75, 3.05) is 23.4 Å². The first-order valence-electron chi connectivity index (χ1n) is 5.32. The van der Waals surface area contributed by atoms with Crippen molar-refractivity contribution in [3.8, 4) is 0 Å². The number of anilines is 1. The van der Waals surface area contributed by atoms with Crippen molar-refractivity contribution in [2.24, 2.45) is 0 Å².